The summed E-state index contributed by atoms with van der Waals surface area (Å²) in [5, 5.41) is 7.54. The molecule has 0 amide bonds. The van der Waals surface area contributed by atoms with Gasteiger partial charge in [0.05, 0.1) is 18.9 Å². The smallest absolute Gasteiger partial charge is 0.231 e. The number of hydrogen-bond acceptors (Lipinski definition) is 7. The molecule has 3 aromatic heterocycles. The summed E-state index contributed by atoms with van der Waals surface area (Å²) in [6.07, 6.45) is 5.86. The summed E-state index contributed by atoms with van der Waals surface area (Å²) in [5.41, 5.74) is 11.4. The lowest BCUT2D eigenvalue weighted by atomic mass is 9.90. The van der Waals surface area contributed by atoms with Crippen molar-refractivity contribution in [2.24, 2.45) is 0 Å². The Morgan fingerprint density at radius 2 is 2.00 bits per heavy atom. The first kappa shape index (κ1) is 18.6. The number of benzene rings is 1. The van der Waals surface area contributed by atoms with Gasteiger partial charge in [-0.25, -0.2) is 9.97 Å². The third kappa shape index (κ3) is 3.29. The zero-order valence-corrected chi connectivity index (χ0v) is 17.1. The minimum Gasteiger partial charge on any atom is -0.497 e. The highest BCUT2D eigenvalue weighted by Gasteiger charge is 2.24. The number of nitrogens with zero attached hydrogens (tertiary/aromatic N) is 4. The summed E-state index contributed by atoms with van der Waals surface area (Å²) in [6, 6.07) is 7.50. The first-order chi connectivity index (χ1) is 14.6. The fourth-order valence-electron chi connectivity index (χ4n) is 4.08. The molecule has 0 radical (unpaired) electrons. The number of fused-ring (bicyclic) bond motifs is 1. The minimum atomic E-state index is 0.376. The molecule has 0 saturated carbocycles. The fraction of sp³-hybridized carbons (Fsp3) is 0.318. The maximum atomic E-state index is 6.18. The molecule has 1 aliphatic rings. The van der Waals surface area contributed by atoms with Crippen LogP contribution in [0.4, 0.5) is 5.82 Å². The molecule has 0 unspecified atom stereocenters. The summed E-state index contributed by atoms with van der Waals surface area (Å²) < 4.78 is 11.2. The van der Waals surface area contributed by atoms with Crippen LogP contribution >= 0.6 is 0 Å². The van der Waals surface area contributed by atoms with E-state index in [0.29, 0.717) is 34.3 Å². The number of aromatic nitrogens is 4. The van der Waals surface area contributed by atoms with E-state index in [1.807, 2.05) is 30.5 Å². The Morgan fingerprint density at radius 1 is 1.17 bits per heavy atom. The minimum absolute atomic E-state index is 0.376. The van der Waals surface area contributed by atoms with E-state index in [4.69, 9.17) is 14.9 Å². The number of likely N-dealkylation sites (tertiary alicyclic amines) is 1. The van der Waals surface area contributed by atoms with Gasteiger partial charge in [0.25, 0.3) is 0 Å². The number of piperidine rings is 1. The molecule has 154 valence electrons. The Balaban J connectivity index is 1.53. The van der Waals surface area contributed by atoms with Gasteiger partial charge in [-0.15, -0.1) is 0 Å². The molecule has 30 heavy (non-hydrogen) atoms. The molecule has 1 aromatic carbocycles. The number of nitrogen functional groups attached to an aromatic ring is 1. The standard InChI is InChI=1S/C22H24N6O2/c1-28-7-5-13(6-8-28)20-17(12-25-27-20)14-9-16(21(23)24-11-14)22-26-18-10-15(29-2)3-4-19(18)30-22/h3-4,9-13H,5-8H2,1-2H3,(H2,23,24)(H,25,27). The average Bonchev–Trinajstić information content (AvgIpc) is 3.41. The lowest BCUT2D eigenvalue weighted by molar-refractivity contribution is 0.253. The summed E-state index contributed by atoms with van der Waals surface area (Å²) in [7, 11) is 3.79. The molecule has 3 N–H and O–H groups in total. The summed E-state index contributed by atoms with van der Waals surface area (Å²) in [5.74, 6) is 2.00. The maximum absolute atomic E-state index is 6.18. The third-order valence-corrected chi connectivity index (χ3v) is 5.85. The van der Waals surface area contributed by atoms with Crippen molar-refractivity contribution < 1.29 is 9.15 Å². The number of nitrogens with one attached hydrogen (secondary N) is 1. The molecule has 1 fully saturated rings. The number of H-pyrrole nitrogens is 1. The third-order valence-electron chi connectivity index (χ3n) is 5.85. The van der Waals surface area contributed by atoms with Crippen LogP contribution in [-0.2, 0) is 0 Å². The summed E-state index contributed by atoms with van der Waals surface area (Å²) in [4.78, 5) is 11.4. The predicted molar refractivity (Wildman–Crippen MR) is 115 cm³/mol. The van der Waals surface area contributed by atoms with E-state index in [2.05, 4.69) is 32.1 Å². The van der Waals surface area contributed by atoms with Gasteiger partial charge in [-0.1, -0.05) is 0 Å². The van der Waals surface area contributed by atoms with Crippen LogP contribution in [-0.4, -0.2) is 52.3 Å². The zero-order valence-electron chi connectivity index (χ0n) is 17.1. The number of aromatic amines is 1. The van der Waals surface area contributed by atoms with Crippen LogP contribution in [0.5, 0.6) is 5.75 Å². The van der Waals surface area contributed by atoms with Gasteiger partial charge < -0.3 is 19.8 Å². The Hall–Kier alpha value is -3.39. The second-order valence-corrected chi connectivity index (χ2v) is 7.78. The van der Waals surface area contributed by atoms with Crippen LogP contribution in [0.15, 0.2) is 41.1 Å². The van der Waals surface area contributed by atoms with Gasteiger partial charge in [0.1, 0.15) is 17.1 Å². The van der Waals surface area contributed by atoms with Gasteiger partial charge >= 0.3 is 0 Å². The van der Waals surface area contributed by atoms with E-state index in [0.717, 1.165) is 48.5 Å². The molecule has 0 atom stereocenters. The molecule has 5 rings (SSSR count). The Labute approximate surface area is 174 Å². The Kier molecular flexibility index (Phi) is 4.63. The highest BCUT2D eigenvalue weighted by Crippen LogP contribution is 2.36. The van der Waals surface area contributed by atoms with E-state index >= 15 is 0 Å². The molecule has 0 spiro atoms. The quantitative estimate of drug-likeness (QED) is 0.534. The van der Waals surface area contributed by atoms with E-state index in [1.165, 1.54) is 0 Å². The number of nitrogens with two attached hydrogens (primary N) is 1. The number of rotatable bonds is 4. The molecule has 8 heteroatoms. The monoisotopic (exact) mass is 404 g/mol. The lowest BCUT2D eigenvalue weighted by Gasteiger charge is -2.28. The lowest BCUT2D eigenvalue weighted by Crippen LogP contribution is -2.29. The Morgan fingerprint density at radius 3 is 2.80 bits per heavy atom. The van der Waals surface area contributed by atoms with Crippen molar-refractivity contribution >= 4 is 16.9 Å². The SMILES string of the molecule is COc1ccc2oc(-c3cc(-c4cn[nH]c4C4CCN(C)CC4)cnc3N)nc2c1. The van der Waals surface area contributed by atoms with Gasteiger partial charge in [0.2, 0.25) is 5.89 Å². The van der Waals surface area contributed by atoms with E-state index in [-0.39, 0.29) is 0 Å². The fourth-order valence-corrected chi connectivity index (χ4v) is 4.08. The van der Waals surface area contributed by atoms with Gasteiger partial charge in [0.15, 0.2) is 5.58 Å². The molecule has 4 heterocycles. The van der Waals surface area contributed by atoms with Crippen molar-refractivity contribution in [3.8, 4) is 28.3 Å². The zero-order chi connectivity index (χ0) is 20.7. The predicted octanol–water partition coefficient (Wildman–Crippen LogP) is 3.68. The van der Waals surface area contributed by atoms with Crippen LogP contribution in [0, 0.1) is 0 Å². The van der Waals surface area contributed by atoms with Gasteiger partial charge in [-0.3, -0.25) is 5.10 Å². The van der Waals surface area contributed by atoms with Gasteiger partial charge in [0, 0.05) is 35.0 Å². The average molecular weight is 404 g/mol. The molecule has 0 aliphatic carbocycles. The second kappa shape index (κ2) is 7.46. The summed E-state index contributed by atoms with van der Waals surface area (Å²) in [6.45, 7) is 2.17. The molecular formula is C22H24N6O2. The van der Waals surface area contributed by atoms with E-state index in [9.17, 15) is 0 Å². The highest BCUT2D eigenvalue weighted by atomic mass is 16.5. The van der Waals surface area contributed by atoms with Crippen molar-refractivity contribution in [1.82, 2.24) is 25.1 Å². The highest BCUT2D eigenvalue weighted by molar-refractivity contribution is 5.82. The normalized spacial score (nSPS) is 15.7. The van der Waals surface area contributed by atoms with Crippen molar-refractivity contribution in [3.63, 3.8) is 0 Å². The topological polar surface area (TPSA) is 106 Å². The number of hydrogen-bond donors (Lipinski definition) is 2. The number of methoxy groups -OCH3 is 1. The van der Waals surface area contributed by atoms with Gasteiger partial charge in [-0.05, 0) is 51.2 Å². The largest absolute Gasteiger partial charge is 0.497 e. The molecule has 1 aliphatic heterocycles. The molecule has 8 nitrogen and oxygen atoms in total. The molecule has 4 aromatic rings. The number of oxazole rings is 1. The number of pyridine rings is 1. The number of anilines is 1. The second-order valence-electron chi connectivity index (χ2n) is 7.78. The van der Waals surface area contributed by atoms with Crippen LogP contribution in [0.2, 0.25) is 0 Å². The van der Waals surface area contributed by atoms with Crippen LogP contribution in [0.3, 0.4) is 0 Å². The van der Waals surface area contributed by atoms with Crippen molar-refractivity contribution in [2.75, 3.05) is 33.0 Å². The summed E-state index contributed by atoms with van der Waals surface area (Å²) >= 11 is 0. The molecule has 1 saturated heterocycles. The van der Waals surface area contributed by atoms with Crippen LogP contribution < -0.4 is 10.5 Å². The first-order valence-corrected chi connectivity index (χ1v) is 10.0. The van der Waals surface area contributed by atoms with Crippen LogP contribution in [0.1, 0.15) is 24.5 Å². The molecular weight excluding hydrogens is 380 g/mol. The first-order valence-electron chi connectivity index (χ1n) is 10.0. The Bertz CT molecular complexity index is 1190. The number of ether oxygens (including phenoxy) is 1. The molecule has 0 bridgehead atoms. The van der Waals surface area contributed by atoms with Crippen molar-refractivity contribution in [3.05, 3.63) is 42.4 Å². The maximum Gasteiger partial charge on any atom is 0.231 e. The van der Waals surface area contributed by atoms with Crippen molar-refractivity contribution in [2.45, 2.75) is 18.8 Å². The van der Waals surface area contributed by atoms with Crippen LogP contribution in [0.25, 0.3) is 33.7 Å². The van der Waals surface area contributed by atoms with Crippen molar-refractivity contribution in [1.29, 1.82) is 0 Å². The van der Waals surface area contributed by atoms with E-state index in [1.54, 1.807) is 13.3 Å². The van der Waals surface area contributed by atoms with Gasteiger partial charge in [-0.2, -0.15) is 5.10 Å². The van der Waals surface area contributed by atoms with E-state index < -0.39 is 0 Å².